The molecule has 1 aliphatic carbocycles. The predicted octanol–water partition coefficient (Wildman–Crippen LogP) is 3.43. The van der Waals surface area contributed by atoms with E-state index in [0.717, 1.165) is 5.56 Å². The van der Waals surface area contributed by atoms with Gasteiger partial charge in [0.25, 0.3) is 6.79 Å². The monoisotopic (exact) mass is 562 g/mol. The van der Waals surface area contributed by atoms with Crippen LogP contribution >= 0.6 is 0 Å². The molecule has 0 fully saturated rings. The van der Waals surface area contributed by atoms with Crippen molar-refractivity contribution in [2.24, 2.45) is 0 Å². The molecule has 12 nitrogen and oxygen atoms in total. The minimum absolute atomic E-state index is 0.0182. The Bertz CT molecular complexity index is 1490. The number of methoxy groups -OCH3 is 1. The van der Waals surface area contributed by atoms with E-state index in [2.05, 4.69) is 27.1 Å². The number of carbonyl (C=O) groups is 2. The summed E-state index contributed by atoms with van der Waals surface area (Å²) in [6.45, 7) is 4.91. The van der Waals surface area contributed by atoms with Crippen molar-refractivity contribution in [3.05, 3.63) is 76.4 Å². The van der Waals surface area contributed by atoms with E-state index >= 15 is 0 Å². The van der Waals surface area contributed by atoms with E-state index in [1.807, 2.05) is 0 Å². The summed E-state index contributed by atoms with van der Waals surface area (Å²) in [7, 11) is 1.45. The number of fused-ring (bicyclic) bond motifs is 1. The van der Waals surface area contributed by atoms with E-state index in [4.69, 9.17) is 23.8 Å². The third-order valence-electron chi connectivity index (χ3n) is 5.58. The number of hydrogen-bond donors (Lipinski definition) is 2. The highest BCUT2D eigenvalue weighted by atomic mass is 16.8. The van der Waals surface area contributed by atoms with E-state index in [1.165, 1.54) is 24.1 Å². The number of benzene rings is 2. The van der Waals surface area contributed by atoms with Gasteiger partial charge in [-0.1, -0.05) is 28.4 Å². The summed E-state index contributed by atoms with van der Waals surface area (Å²) in [5.41, 5.74) is 7.38. The number of phenolic OH excluding ortho intramolecular Hbond substituents is 1. The molecule has 12 heteroatoms. The van der Waals surface area contributed by atoms with Gasteiger partial charge in [-0.3, -0.25) is 0 Å². The summed E-state index contributed by atoms with van der Waals surface area (Å²) in [5, 5.41) is 20.1. The summed E-state index contributed by atoms with van der Waals surface area (Å²) in [4.78, 5) is 32.3. The highest BCUT2D eigenvalue weighted by Crippen LogP contribution is 2.24. The lowest BCUT2D eigenvalue weighted by Crippen LogP contribution is -2.45. The average Bonchev–Trinajstić information content (AvgIpc) is 3.34. The van der Waals surface area contributed by atoms with Crippen molar-refractivity contribution in [3.63, 3.8) is 0 Å². The number of aromatic nitrogens is 3. The number of ether oxygens (including phenoxy) is 4. The van der Waals surface area contributed by atoms with Crippen molar-refractivity contribution in [2.45, 2.75) is 45.4 Å². The van der Waals surface area contributed by atoms with Crippen LogP contribution in [0.15, 0.2) is 53.9 Å². The molecule has 3 aromatic rings. The van der Waals surface area contributed by atoms with Crippen LogP contribution in [0.1, 0.15) is 43.3 Å². The predicted molar refractivity (Wildman–Crippen MR) is 146 cm³/mol. The maximum absolute atomic E-state index is 13.1. The molecule has 4 rings (SSSR count). The minimum Gasteiger partial charge on any atom is -0.508 e. The highest BCUT2D eigenvalue weighted by Gasteiger charge is 2.26. The second kappa shape index (κ2) is 12.8. The van der Waals surface area contributed by atoms with Gasteiger partial charge in [0.2, 0.25) is 0 Å². The number of nitrogens with zero attached hydrogens (tertiary/aromatic N) is 3. The van der Waals surface area contributed by atoms with E-state index in [1.54, 1.807) is 63.3 Å². The minimum atomic E-state index is -1.04. The third-order valence-corrected chi connectivity index (χ3v) is 5.58. The van der Waals surface area contributed by atoms with Gasteiger partial charge in [-0.05, 0) is 55.8 Å². The molecule has 2 N–H and O–H groups in total. The van der Waals surface area contributed by atoms with Crippen LogP contribution in [0.2, 0.25) is 0 Å². The lowest BCUT2D eigenvalue weighted by Gasteiger charge is -2.23. The number of amides is 1. The molecule has 1 aromatic heterocycles. The molecule has 1 amide bonds. The number of nitrogens with one attached hydrogen (secondary N) is 1. The average molecular weight is 563 g/mol. The zero-order valence-corrected chi connectivity index (χ0v) is 23.0. The lowest BCUT2D eigenvalue weighted by atomic mass is 10.1. The van der Waals surface area contributed by atoms with Crippen molar-refractivity contribution in [1.82, 2.24) is 20.5 Å². The highest BCUT2D eigenvalue weighted by molar-refractivity contribution is 5.81. The molecule has 0 bridgehead atoms. The first kappa shape index (κ1) is 28.8. The van der Waals surface area contributed by atoms with Gasteiger partial charge in [-0.2, -0.15) is 0 Å². The SMILES string of the molecule is COc1cc(O)ccc1COC(=O)[C@@H](Cc1ccc(OCOn2nnc3c2C=C=C=C3)cc1)NC(=O)OC(C)(C)C. The zero-order valence-electron chi connectivity index (χ0n) is 23.0. The van der Waals surface area contributed by atoms with Gasteiger partial charge in [-0.15, -0.1) is 5.10 Å². The molecule has 1 aliphatic rings. The molecule has 0 aliphatic heterocycles. The van der Waals surface area contributed by atoms with Gasteiger partial charge in [-0.25, -0.2) is 9.59 Å². The first-order valence-corrected chi connectivity index (χ1v) is 12.6. The summed E-state index contributed by atoms with van der Waals surface area (Å²) in [6, 6.07) is 10.3. The fraction of sp³-hybridized carbons (Fsp3) is 0.310. The van der Waals surface area contributed by atoms with Crippen LogP contribution < -0.4 is 19.6 Å². The van der Waals surface area contributed by atoms with Gasteiger partial charge in [0.1, 0.15) is 46.9 Å². The lowest BCUT2D eigenvalue weighted by molar-refractivity contribution is -0.147. The van der Waals surface area contributed by atoms with E-state index < -0.39 is 23.7 Å². The molecule has 0 unspecified atom stereocenters. The maximum atomic E-state index is 13.1. The van der Waals surface area contributed by atoms with Gasteiger partial charge in [0, 0.05) is 30.2 Å². The number of esters is 1. The quantitative estimate of drug-likeness (QED) is 0.159. The van der Waals surface area contributed by atoms with Gasteiger partial charge < -0.3 is 34.2 Å². The van der Waals surface area contributed by atoms with Crippen molar-refractivity contribution in [3.8, 4) is 17.2 Å². The van der Waals surface area contributed by atoms with E-state index in [9.17, 15) is 14.7 Å². The van der Waals surface area contributed by atoms with Crippen LogP contribution in [0.25, 0.3) is 12.2 Å². The molecule has 0 spiro atoms. The second-order valence-corrected chi connectivity index (χ2v) is 9.85. The maximum Gasteiger partial charge on any atom is 0.408 e. The fourth-order valence-corrected chi connectivity index (χ4v) is 3.68. The van der Waals surface area contributed by atoms with Crippen LogP contribution in [-0.4, -0.2) is 57.9 Å². The van der Waals surface area contributed by atoms with Gasteiger partial charge >= 0.3 is 12.1 Å². The molecule has 1 atom stereocenters. The van der Waals surface area contributed by atoms with Crippen molar-refractivity contribution in [2.75, 3.05) is 13.9 Å². The zero-order chi connectivity index (χ0) is 29.4. The Hall–Kier alpha value is -5.18. The molecule has 0 saturated carbocycles. The molecular formula is C29H30N4O8. The van der Waals surface area contributed by atoms with Crippen LogP contribution in [-0.2, 0) is 27.3 Å². The number of alkyl carbamates (subject to hydrolysis) is 1. The van der Waals surface area contributed by atoms with E-state index in [0.29, 0.717) is 28.5 Å². The standard InChI is InChI=1S/C29H30N4O8/c1-29(2,3)41-28(36)30-24(27(35)38-17-20-11-12-21(34)16-26(20)37-4)15-19-9-13-22(14-10-19)39-18-40-33-25-8-6-5-7-23(25)31-32-33/h7-14,16,24,34H,15,17-18H2,1-4H3,(H,30,36)/t24-/m1/s1. The Morgan fingerprint density at radius 1 is 1.10 bits per heavy atom. The first-order valence-electron chi connectivity index (χ1n) is 12.6. The van der Waals surface area contributed by atoms with Crippen LogP contribution in [0.4, 0.5) is 4.79 Å². The van der Waals surface area contributed by atoms with Crippen molar-refractivity contribution < 1.29 is 38.5 Å². The molecule has 2 aromatic carbocycles. The number of aromatic hydroxyl groups is 1. The van der Waals surface area contributed by atoms with Crippen molar-refractivity contribution in [1.29, 1.82) is 0 Å². The molecule has 0 radical (unpaired) electrons. The summed E-state index contributed by atoms with van der Waals surface area (Å²) in [5.74, 6) is 0.221. The smallest absolute Gasteiger partial charge is 0.408 e. The molecule has 214 valence electrons. The van der Waals surface area contributed by atoms with Gasteiger partial charge in [0.15, 0.2) is 0 Å². The molecule has 0 saturated heterocycles. The fourth-order valence-electron chi connectivity index (χ4n) is 3.68. The van der Waals surface area contributed by atoms with Crippen LogP contribution in [0, 0.1) is 0 Å². The summed E-state index contributed by atoms with van der Waals surface area (Å²) < 4.78 is 21.7. The van der Waals surface area contributed by atoms with Gasteiger partial charge in [0.05, 0.1) is 7.11 Å². The third kappa shape index (κ3) is 8.15. The number of hydrogen-bond acceptors (Lipinski definition) is 10. The Balaban J connectivity index is 1.37. The summed E-state index contributed by atoms with van der Waals surface area (Å²) in [6.07, 6.45) is 2.67. The number of carbonyl (C=O) groups excluding carboxylic acids is 2. The Labute approximate surface area is 236 Å². The van der Waals surface area contributed by atoms with Crippen LogP contribution in [0.3, 0.4) is 0 Å². The normalized spacial score (nSPS) is 12.3. The Morgan fingerprint density at radius 3 is 2.59 bits per heavy atom. The van der Waals surface area contributed by atoms with Crippen molar-refractivity contribution >= 4 is 24.2 Å². The molecular weight excluding hydrogens is 532 g/mol. The van der Waals surface area contributed by atoms with E-state index in [-0.39, 0.29) is 25.6 Å². The first-order chi connectivity index (χ1) is 19.6. The topological polar surface area (TPSA) is 143 Å². The second-order valence-electron chi connectivity index (χ2n) is 9.85. The molecule has 41 heavy (non-hydrogen) atoms. The Kier molecular flexibility index (Phi) is 8.98. The number of phenols is 1. The summed E-state index contributed by atoms with van der Waals surface area (Å²) >= 11 is 0. The Morgan fingerprint density at radius 2 is 1.85 bits per heavy atom. The van der Waals surface area contributed by atoms with Crippen LogP contribution in [0.5, 0.6) is 17.2 Å². The molecule has 1 heterocycles. The number of rotatable bonds is 11. The largest absolute Gasteiger partial charge is 0.508 e.